The summed E-state index contributed by atoms with van der Waals surface area (Å²) in [5, 5.41) is 6.58. The number of amides is 2. The highest BCUT2D eigenvalue weighted by Gasteiger charge is 2.57. The SMILES string of the molecule is Cl.O=C(NCC1CCN(C(=O)c2ccccc2)CC1)C1CC12CCNCC2. The number of hydrogen-bond acceptors (Lipinski definition) is 3. The van der Waals surface area contributed by atoms with Gasteiger partial charge in [0, 0.05) is 31.1 Å². The van der Waals surface area contributed by atoms with Gasteiger partial charge in [-0.15, -0.1) is 12.4 Å². The molecule has 27 heavy (non-hydrogen) atoms. The van der Waals surface area contributed by atoms with Crippen LogP contribution in [0.2, 0.25) is 0 Å². The Kier molecular flexibility index (Phi) is 6.43. The summed E-state index contributed by atoms with van der Waals surface area (Å²) >= 11 is 0. The quantitative estimate of drug-likeness (QED) is 0.828. The molecule has 0 radical (unpaired) electrons. The molecule has 2 amide bonds. The van der Waals surface area contributed by atoms with Crippen molar-refractivity contribution >= 4 is 24.2 Å². The Morgan fingerprint density at radius 3 is 2.44 bits per heavy atom. The smallest absolute Gasteiger partial charge is 0.253 e. The van der Waals surface area contributed by atoms with Crippen molar-refractivity contribution in [1.29, 1.82) is 0 Å². The van der Waals surface area contributed by atoms with Crippen molar-refractivity contribution in [1.82, 2.24) is 15.5 Å². The monoisotopic (exact) mass is 391 g/mol. The second kappa shape index (κ2) is 8.61. The summed E-state index contributed by atoms with van der Waals surface area (Å²) in [6, 6.07) is 9.49. The summed E-state index contributed by atoms with van der Waals surface area (Å²) in [7, 11) is 0. The van der Waals surface area contributed by atoms with E-state index in [0.29, 0.717) is 11.3 Å². The molecule has 148 valence electrons. The number of halogens is 1. The molecule has 6 heteroatoms. The fraction of sp³-hybridized carbons (Fsp3) is 0.619. The third kappa shape index (κ3) is 4.46. The van der Waals surface area contributed by atoms with E-state index in [1.54, 1.807) is 0 Å². The Morgan fingerprint density at radius 2 is 1.78 bits per heavy atom. The maximum Gasteiger partial charge on any atom is 0.253 e. The van der Waals surface area contributed by atoms with Crippen molar-refractivity contribution in [2.45, 2.75) is 32.1 Å². The van der Waals surface area contributed by atoms with E-state index in [4.69, 9.17) is 0 Å². The average Bonchev–Trinajstić information content (AvgIpc) is 3.40. The predicted octanol–water partition coefficient (Wildman–Crippen LogP) is 2.47. The predicted molar refractivity (Wildman–Crippen MR) is 108 cm³/mol. The van der Waals surface area contributed by atoms with Crippen LogP contribution in [-0.2, 0) is 4.79 Å². The third-order valence-corrected chi connectivity index (χ3v) is 6.59. The van der Waals surface area contributed by atoms with Gasteiger partial charge in [0.2, 0.25) is 5.91 Å². The Hall–Kier alpha value is -1.59. The first-order valence-corrected chi connectivity index (χ1v) is 10.0. The van der Waals surface area contributed by atoms with Gasteiger partial charge in [0.05, 0.1) is 0 Å². The molecule has 3 aliphatic rings. The van der Waals surface area contributed by atoms with Gasteiger partial charge >= 0.3 is 0 Å². The summed E-state index contributed by atoms with van der Waals surface area (Å²) in [4.78, 5) is 26.9. The number of nitrogens with zero attached hydrogens (tertiary/aromatic N) is 1. The second-order valence-electron chi connectivity index (χ2n) is 8.22. The molecule has 5 nitrogen and oxygen atoms in total. The van der Waals surface area contributed by atoms with Crippen LogP contribution in [0, 0.1) is 17.3 Å². The second-order valence-corrected chi connectivity index (χ2v) is 8.22. The summed E-state index contributed by atoms with van der Waals surface area (Å²) in [6.45, 7) is 4.44. The zero-order chi connectivity index (χ0) is 18.0. The highest BCUT2D eigenvalue weighted by atomic mass is 35.5. The number of nitrogens with one attached hydrogen (secondary N) is 2. The summed E-state index contributed by atoms with van der Waals surface area (Å²) in [5.41, 5.74) is 1.07. The molecule has 2 heterocycles. The van der Waals surface area contributed by atoms with Crippen molar-refractivity contribution < 1.29 is 9.59 Å². The summed E-state index contributed by atoms with van der Waals surface area (Å²) in [5.74, 6) is 1.11. The van der Waals surface area contributed by atoms with Crippen LogP contribution >= 0.6 is 12.4 Å². The van der Waals surface area contributed by atoms with Crippen LogP contribution in [0.15, 0.2) is 30.3 Å². The average molecular weight is 392 g/mol. The lowest BCUT2D eigenvalue weighted by Crippen LogP contribution is -2.42. The zero-order valence-electron chi connectivity index (χ0n) is 15.8. The Morgan fingerprint density at radius 1 is 1.11 bits per heavy atom. The van der Waals surface area contributed by atoms with Crippen molar-refractivity contribution in [2.75, 3.05) is 32.7 Å². The van der Waals surface area contributed by atoms with E-state index in [1.165, 1.54) is 0 Å². The van der Waals surface area contributed by atoms with Crippen LogP contribution in [0.4, 0.5) is 0 Å². The number of likely N-dealkylation sites (tertiary alicyclic amines) is 1. The molecule has 3 fully saturated rings. The van der Waals surface area contributed by atoms with Crippen LogP contribution in [0.5, 0.6) is 0 Å². The summed E-state index contributed by atoms with van der Waals surface area (Å²) in [6.07, 6.45) is 5.30. The number of carbonyl (C=O) groups excluding carboxylic acids is 2. The van der Waals surface area contributed by atoms with Gasteiger partial charge in [0.15, 0.2) is 0 Å². The van der Waals surface area contributed by atoms with E-state index in [1.807, 2.05) is 35.2 Å². The van der Waals surface area contributed by atoms with E-state index in [0.717, 1.165) is 70.4 Å². The van der Waals surface area contributed by atoms with E-state index in [2.05, 4.69) is 10.6 Å². The van der Waals surface area contributed by atoms with Crippen LogP contribution in [0.25, 0.3) is 0 Å². The third-order valence-electron chi connectivity index (χ3n) is 6.59. The van der Waals surface area contributed by atoms with Gasteiger partial charge in [-0.3, -0.25) is 9.59 Å². The van der Waals surface area contributed by atoms with E-state index in [-0.39, 0.29) is 30.1 Å². The van der Waals surface area contributed by atoms with Gasteiger partial charge in [0.1, 0.15) is 0 Å². The van der Waals surface area contributed by atoms with Crippen LogP contribution < -0.4 is 10.6 Å². The molecule has 2 aliphatic heterocycles. The van der Waals surface area contributed by atoms with Gasteiger partial charge in [-0.25, -0.2) is 0 Å². The molecule has 1 atom stereocenters. The largest absolute Gasteiger partial charge is 0.356 e. The van der Waals surface area contributed by atoms with E-state index in [9.17, 15) is 9.59 Å². The fourth-order valence-electron chi connectivity index (χ4n) is 4.67. The Bertz CT molecular complexity index is 653. The molecule has 0 aromatic heterocycles. The fourth-order valence-corrected chi connectivity index (χ4v) is 4.67. The zero-order valence-corrected chi connectivity index (χ0v) is 16.6. The first-order chi connectivity index (χ1) is 12.7. The molecule has 2 N–H and O–H groups in total. The molecule has 1 aromatic rings. The maximum absolute atomic E-state index is 12.5. The highest BCUT2D eigenvalue weighted by Crippen LogP contribution is 2.58. The first kappa shape index (κ1) is 20.2. The molecule has 1 spiro atoms. The normalized spacial score (nSPS) is 24.1. The number of hydrogen-bond donors (Lipinski definition) is 2. The number of rotatable bonds is 4. The molecule has 1 aliphatic carbocycles. The van der Waals surface area contributed by atoms with Gasteiger partial charge in [-0.05, 0) is 68.7 Å². The Labute approximate surface area is 167 Å². The molecule has 4 rings (SSSR count). The van der Waals surface area contributed by atoms with Crippen LogP contribution in [-0.4, -0.2) is 49.4 Å². The lowest BCUT2D eigenvalue weighted by atomic mass is 9.91. The standard InChI is InChI=1S/C21H29N3O2.ClH/c25-19(18-14-21(18)8-10-22-11-9-21)23-15-16-6-12-24(13-7-16)20(26)17-4-2-1-3-5-17;/h1-5,16,18,22H,6-15H2,(H,23,25);1H. The van der Waals surface area contributed by atoms with E-state index < -0.39 is 0 Å². The molecular weight excluding hydrogens is 362 g/mol. The number of piperidine rings is 2. The minimum atomic E-state index is 0. The lowest BCUT2D eigenvalue weighted by molar-refractivity contribution is -0.123. The number of benzene rings is 1. The summed E-state index contributed by atoms with van der Waals surface area (Å²) < 4.78 is 0. The number of carbonyl (C=O) groups is 2. The minimum absolute atomic E-state index is 0. The minimum Gasteiger partial charge on any atom is -0.356 e. The molecule has 1 aromatic carbocycles. The van der Waals surface area contributed by atoms with Gasteiger partial charge in [0.25, 0.3) is 5.91 Å². The maximum atomic E-state index is 12.5. The Balaban J connectivity index is 0.00000210. The highest BCUT2D eigenvalue weighted by molar-refractivity contribution is 5.94. The van der Waals surface area contributed by atoms with Crippen molar-refractivity contribution in [3.05, 3.63) is 35.9 Å². The molecule has 0 bridgehead atoms. The molecular formula is C21H30ClN3O2. The van der Waals surface area contributed by atoms with Crippen molar-refractivity contribution in [3.63, 3.8) is 0 Å². The van der Waals surface area contributed by atoms with Gasteiger partial charge < -0.3 is 15.5 Å². The van der Waals surface area contributed by atoms with Crippen LogP contribution in [0.1, 0.15) is 42.5 Å². The molecule has 1 unspecified atom stereocenters. The topological polar surface area (TPSA) is 61.4 Å². The lowest BCUT2D eigenvalue weighted by Gasteiger charge is -2.32. The van der Waals surface area contributed by atoms with Crippen molar-refractivity contribution in [2.24, 2.45) is 17.3 Å². The van der Waals surface area contributed by atoms with Gasteiger partial charge in [-0.2, -0.15) is 0 Å². The van der Waals surface area contributed by atoms with Crippen molar-refractivity contribution in [3.8, 4) is 0 Å². The first-order valence-electron chi connectivity index (χ1n) is 10.0. The van der Waals surface area contributed by atoms with E-state index >= 15 is 0 Å². The van der Waals surface area contributed by atoms with Crippen LogP contribution in [0.3, 0.4) is 0 Å². The molecule has 2 saturated heterocycles. The molecule has 1 saturated carbocycles. The van der Waals surface area contributed by atoms with Gasteiger partial charge in [-0.1, -0.05) is 18.2 Å².